The zero-order valence-electron chi connectivity index (χ0n) is 14.6. The zero-order valence-corrected chi connectivity index (χ0v) is 15.3. The molecule has 0 spiro atoms. The molecular formula is C21H17ClN2O3. The van der Waals surface area contributed by atoms with Gasteiger partial charge >= 0.3 is 5.97 Å². The number of aromatic nitrogens is 1. The molecule has 0 radical (unpaired) electrons. The molecule has 136 valence electrons. The Morgan fingerprint density at radius 3 is 2.56 bits per heavy atom. The first kappa shape index (κ1) is 17.4. The first-order valence-corrected chi connectivity index (χ1v) is 8.96. The highest BCUT2D eigenvalue weighted by molar-refractivity contribution is 6.30. The molecule has 1 aromatic heterocycles. The fourth-order valence-corrected chi connectivity index (χ4v) is 3.74. The van der Waals surface area contributed by atoms with Crippen molar-refractivity contribution in [2.24, 2.45) is 0 Å². The molecule has 1 aliphatic heterocycles. The Morgan fingerprint density at radius 2 is 1.85 bits per heavy atom. The molecule has 0 saturated carbocycles. The molecule has 2 aromatic carbocycles. The molecule has 0 fully saturated rings. The van der Waals surface area contributed by atoms with Crippen LogP contribution in [0.3, 0.4) is 0 Å². The predicted octanol–water partition coefficient (Wildman–Crippen LogP) is 4.51. The summed E-state index contributed by atoms with van der Waals surface area (Å²) < 4.78 is 0. The van der Waals surface area contributed by atoms with Gasteiger partial charge in [-0.2, -0.15) is 0 Å². The Kier molecular flexibility index (Phi) is 4.24. The highest BCUT2D eigenvalue weighted by Gasteiger charge is 2.30. The lowest BCUT2D eigenvalue weighted by Crippen LogP contribution is -2.29. The number of para-hydroxylation sites is 1. The summed E-state index contributed by atoms with van der Waals surface area (Å²) in [5.74, 6) is -1.38. The Hall–Kier alpha value is -3.05. The predicted molar refractivity (Wildman–Crippen MR) is 105 cm³/mol. The molecule has 1 amide bonds. The van der Waals surface area contributed by atoms with Crippen LogP contribution in [0.15, 0.2) is 54.7 Å². The second kappa shape index (κ2) is 6.59. The number of carboxylic acid groups (broad SMARTS) is 1. The summed E-state index contributed by atoms with van der Waals surface area (Å²) in [5, 5.41) is 11.3. The van der Waals surface area contributed by atoms with Crippen LogP contribution in [0.2, 0.25) is 5.02 Å². The van der Waals surface area contributed by atoms with Crippen LogP contribution in [0.5, 0.6) is 0 Å². The van der Waals surface area contributed by atoms with E-state index in [0.29, 0.717) is 22.8 Å². The molecule has 1 atom stereocenters. The summed E-state index contributed by atoms with van der Waals surface area (Å²) in [6.07, 6.45) is 1.43. The van der Waals surface area contributed by atoms with Crippen molar-refractivity contribution >= 4 is 40.0 Å². The number of halogens is 1. The molecule has 3 aromatic rings. The van der Waals surface area contributed by atoms with Crippen LogP contribution in [0.4, 0.5) is 0 Å². The Bertz CT molecular complexity index is 1080. The van der Waals surface area contributed by atoms with Gasteiger partial charge in [0, 0.05) is 40.2 Å². The van der Waals surface area contributed by atoms with Crippen molar-refractivity contribution in [3.05, 3.63) is 76.6 Å². The van der Waals surface area contributed by atoms with Crippen LogP contribution >= 0.6 is 11.6 Å². The summed E-state index contributed by atoms with van der Waals surface area (Å²) in [7, 11) is 0. The van der Waals surface area contributed by atoms with Crippen molar-refractivity contribution in [3.8, 4) is 0 Å². The molecule has 1 unspecified atom stereocenters. The van der Waals surface area contributed by atoms with E-state index in [1.165, 1.54) is 11.1 Å². The van der Waals surface area contributed by atoms with Crippen LogP contribution in [-0.4, -0.2) is 33.4 Å². The molecule has 1 aliphatic rings. The fourth-order valence-electron chi connectivity index (χ4n) is 3.61. The summed E-state index contributed by atoms with van der Waals surface area (Å²) in [5.41, 5.74) is 2.91. The van der Waals surface area contributed by atoms with Crippen molar-refractivity contribution < 1.29 is 14.7 Å². The van der Waals surface area contributed by atoms with E-state index in [2.05, 4.69) is 4.98 Å². The quantitative estimate of drug-likeness (QED) is 0.687. The minimum atomic E-state index is -1.08. The lowest BCUT2D eigenvalue weighted by Gasteiger charge is -2.21. The first-order valence-electron chi connectivity index (χ1n) is 8.58. The van der Waals surface area contributed by atoms with E-state index in [-0.39, 0.29) is 17.4 Å². The number of carbonyl (C=O) groups excluding carboxylic acids is 1. The van der Waals surface area contributed by atoms with Crippen molar-refractivity contribution in [1.82, 2.24) is 9.88 Å². The number of hydrogen-bond donors (Lipinski definition) is 2. The van der Waals surface area contributed by atoms with E-state index in [4.69, 9.17) is 11.6 Å². The van der Waals surface area contributed by atoms with Gasteiger partial charge in [0.25, 0.3) is 5.91 Å². The number of benzene rings is 2. The van der Waals surface area contributed by atoms with Gasteiger partial charge in [0.05, 0.1) is 11.3 Å². The van der Waals surface area contributed by atoms with Crippen LogP contribution in [0, 0.1) is 0 Å². The second-order valence-corrected chi connectivity index (χ2v) is 7.11. The average molecular weight is 381 g/mol. The third kappa shape index (κ3) is 3.00. The van der Waals surface area contributed by atoms with Gasteiger partial charge in [-0.3, -0.25) is 4.79 Å². The number of fused-ring (bicyclic) bond motifs is 3. The van der Waals surface area contributed by atoms with Crippen LogP contribution in [0.25, 0.3) is 16.5 Å². The smallest absolute Gasteiger partial charge is 0.339 e. The van der Waals surface area contributed by atoms with E-state index >= 15 is 0 Å². The van der Waals surface area contributed by atoms with Crippen molar-refractivity contribution in [3.63, 3.8) is 0 Å². The van der Waals surface area contributed by atoms with Gasteiger partial charge in [-0.05, 0) is 35.9 Å². The molecule has 2 heterocycles. The highest BCUT2D eigenvalue weighted by Crippen LogP contribution is 2.36. The number of hydrogen-bond acceptors (Lipinski definition) is 2. The number of carboxylic acids is 1. The molecule has 6 heteroatoms. The largest absolute Gasteiger partial charge is 0.478 e. The normalized spacial score (nSPS) is 16.6. The van der Waals surface area contributed by atoms with E-state index in [1.54, 1.807) is 24.3 Å². The fraction of sp³-hybridized carbons (Fsp3) is 0.143. The molecular weight excluding hydrogens is 364 g/mol. The standard InChI is InChI=1S/C21H17ClN2O3/c1-12-10-24(20(25)13-6-8-14(22)9-7-13)11-16(21(26)27)19-18(12)15-4-2-3-5-17(15)23-19/h2-9,11-12,23H,10H2,1H3,(H,26,27). The minimum Gasteiger partial charge on any atom is -0.478 e. The number of amides is 1. The zero-order chi connectivity index (χ0) is 19.1. The Morgan fingerprint density at radius 1 is 1.15 bits per heavy atom. The summed E-state index contributed by atoms with van der Waals surface area (Å²) in [6, 6.07) is 14.3. The monoisotopic (exact) mass is 380 g/mol. The minimum absolute atomic E-state index is 0.0412. The third-order valence-corrected chi connectivity index (χ3v) is 5.10. The second-order valence-electron chi connectivity index (χ2n) is 6.67. The lowest BCUT2D eigenvalue weighted by atomic mass is 9.96. The van der Waals surface area contributed by atoms with Gasteiger partial charge in [-0.25, -0.2) is 4.79 Å². The number of aromatic amines is 1. The summed E-state index contributed by atoms with van der Waals surface area (Å²) >= 11 is 5.90. The van der Waals surface area contributed by atoms with Gasteiger partial charge in [0.15, 0.2) is 0 Å². The highest BCUT2D eigenvalue weighted by atomic mass is 35.5. The van der Waals surface area contributed by atoms with Gasteiger partial charge in [-0.15, -0.1) is 0 Å². The molecule has 0 saturated heterocycles. The molecule has 4 rings (SSSR count). The van der Waals surface area contributed by atoms with E-state index in [9.17, 15) is 14.7 Å². The maximum Gasteiger partial charge on any atom is 0.339 e. The van der Waals surface area contributed by atoms with Gasteiger partial charge in [0.1, 0.15) is 0 Å². The Balaban J connectivity index is 1.83. The van der Waals surface area contributed by atoms with Gasteiger partial charge in [-0.1, -0.05) is 36.7 Å². The topological polar surface area (TPSA) is 73.4 Å². The van der Waals surface area contributed by atoms with Gasteiger partial charge in [0.2, 0.25) is 0 Å². The Labute approximate surface area is 160 Å². The molecule has 5 nitrogen and oxygen atoms in total. The number of H-pyrrole nitrogens is 1. The molecule has 2 N–H and O–H groups in total. The number of aliphatic carboxylic acids is 1. The van der Waals surface area contributed by atoms with Crippen LogP contribution in [0.1, 0.15) is 34.5 Å². The van der Waals surface area contributed by atoms with Crippen molar-refractivity contribution in [2.75, 3.05) is 6.54 Å². The van der Waals surface area contributed by atoms with E-state index in [1.807, 2.05) is 31.2 Å². The maximum atomic E-state index is 12.9. The van der Waals surface area contributed by atoms with Crippen molar-refractivity contribution in [2.45, 2.75) is 12.8 Å². The van der Waals surface area contributed by atoms with Crippen molar-refractivity contribution in [1.29, 1.82) is 0 Å². The van der Waals surface area contributed by atoms with E-state index < -0.39 is 5.97 Å². The molecule has 0 bridgehead atoms. The van der Waals surface area contributed by atoms with E-state index in [0.717, 1.165) is 16.5 Å². The maximum absolute atomic E-state index is 12.9. The van der Waals surface area contributed by atoms with Crippen LogP contribution < -0.4 is 0 Å². The number of carbonyl (C=O) groups is 2. The van der Waals surface area contributed by atoms with Crippen LogP contribution in [-0.2, 0) is 4.79 Å². The average Bonchev–Trinajstić information content (AvgIpc) is 2.96. The number of nitrogens with zero attached hydrogens (tertiary/aromatic N) is 1. The summed E-state index contributed by atoms with van der Waals surface area (Å²) in [4.78, 5) is 29.6. The van der Waals surface area contributed by atoms with Gasteiger partial charge < -0.3 is 15.0 Å². The first-order chi connectivity index (χ1) is 13.0. The SMILES string of the molecule is CC1CN(C(=O)c2ccc(Cl)cc2)C=C(C(=O)O)c2[nH]c3ccccc3c21. The molecule has 27 heavy (non-hydrogen) atoms. The number of rotatable bonds is 2. The third-order valence-electron chi connectivity index (χ3n) is 4.85. The number of nitrogens with one attached hydrogen (secondary N) is 1. The summed E-state index contributed by atoms with van der Waals surface area (Å²) in [6.45, 7) is 2.38. The lowest BCUT2D eigenvalue weighted by molar-refractivity contribution is -0.130. The molecule has 0 aliphatic carbocycles.